The second-order valence-corrected chi connectivity index (χ2v) is 13.0. The molecule has 0 N–H and O–H groups in total. The van der Waals surface area contributed by atoms with Crippen molar-refractivity contribution in [3.63, 3.8) is 0 Å². The maximum absolute atomic E-state index is 4.71. The van der Waals surface area contributed by atoms with Crippen LogP contribution in [0.3, 0.4) is 0 Å². The summed E-state index contributed by atoms with van der Waals surface area (Å²) in [5, 5.41) is 1.37. The standard InChI is InChI=1S/C13H17NS2Si/c1-17(8-4-5-9-17)10-15-13-14-11-6-2-3-7-12(11)16-13/h2-3,6-7H,4-5,8-10H2,1H3. The molecule has 4 heteroatoms. The second-order valence-electron chi connectivity index (χ2n) is 5.25. The highest BCUT2D eigenvalue weighted by Crippen LogP contribution is 2.36. The van der Waals surface area contributed by atoms with Crippen molar-refractivity contribution in [3.05, 3.63) is 24.3 Å². The van der Waals surface area contributed by atoms with Crippen molar-refractivity contribution in [1.82, 2.24) is 4.98 Å². The van der Waals surface area contributed by atoms with Crippen LogP contribution in [0, 0.1) is 0 Å². The van der Waals surface area contributed by atoms with Gasteiger partial charge in [0.2, 0.25) is 0 Å². The molecule has 0 radical (unpaired) electrons. The minimum Gasteiger partial charge on any atom is -0.230 e. The highest BCUT2D eigenvalue weighted by molar-refractivity contribution is 8.02. The minimum atomic E-state index is -0.888. The predicted molar refractivity (Wildman–Crippen MR) is 80.8 cm³/mol. The Labute approximate surface area is 112 Å². The zero-order valence-corrected chi connectivity index (χ0v) is 12.7. The van der Waals surface area contributed by atoms with Gasteiger partial charge in [0.25, 0.3) is 0 Å². The van der Waals surface area contributed by atoms with Crippen molar-refractivity contribution in [1.29, 1.82) is 0 Å². The number of hydrogen-bond acceptors (Lipinski definition) is 3. The van der Waals surface area contributed by atoms with Crippen LogP contribution in [-0.2, 0) is 0 Å². The monoisotopic (exact) mass is 279 g/mol. The van der Waals surface area contributed by atoms with Crippen LogP contribution in [0.2, 0.25) is 18.6 Å². The molecular formula is C13H17NS2Si. The predicted octanol–water partition coefficient (Wildman–Crippen LogP) is 4.80. The molecule has 0 atom stereocenters. The zero-order chi connectivity index (χ0) is 11.7. The smallest absolute Gasteiger partial charge is 0.150 e. The van der Waals surface area contributed by atoms with Gasteiger partial charge in [-0.1, -0.05) is 55.4 Å². The van der Waals surface area contributed by atoms with E-state index in [-0.39, 0.29) is 0 Å². The fourth-order valence-electron chi connectivity index (χ4n) is 2.52. The lowest BCUT2D eigenvalue weighted by Crippen LogP contribution is -2.29. The topological polar surface area (TPSA) is 12.9 Å². The van der Waals surface area contributed by atoms with Crippen LogP contribution in [-0.4, -0.2) is 18.4 Å². The molecule has 1 nitrogen and oxygen atoms in total. The Morgan fingerprint density at radius 3 is 2.82 bits per heavy atom. The van der Waals surface area contributed by atoms with E-state index in [4.69, 9.17) is 4.98 Å². The Morgan fingerprint density at radius 2 is 2.06 bits per heavy atom. The molecule has 0 amide bonds. The van der Waals surface area contributed by atoms with Crippen molar-refractivity contribution in [2.24, 2.45) is 0 Å². The van der Waals surface area contributed by atoms with E-state index in [0.29, 0.717) is 0 Å². The molecule has 2 aromatic rings. The average Bonchev–Trinajstić information content (AvgIpc) is 2.93. The van der Waals surface area contributed by atoms with Gasteiger partial charge in [-0.25, -0.2) is 4.98 Å². The van der Waals surface area contributed by atoms with Gasteiger partial charge in [0.05, 0.1) is 18.3 Å². The number of rotatable bonds is 3. The molecular weight excluding hydrogens is 262 g/mol. The van der Waals surface area contributed by atoms with Crippen LogP contribution < -0.4 is 0 Å². The molecule has 17 heavy (non-hydrogen) atoms. The van der Waals surface area contributed by atoms with E-state index in [1.165, 1.54) is 44.9 Å². The molecule has 0 unspecified atom stereocenters. The van der Waals surface area contributed by atoms with E-state index in [2.05, 4.69) is 30.8 Å². The first-order chi connectivity index (χ1) is 8.25. The zero-order valence-electron chi connectivity index (χ0n) is 10.1. The van der Waals surface area contributed by atoms with Gasteiger partial charge in [-0.15, -0.1) is 11.3 Å². The van der Waals surface area contributed by atoms with Gasteiger partial charge in [-0.05, 0) is 17.5 Å². The molecule has 0 aliphatic carbocycles. The highest BCUT2D eigenvalue weighted by Gasteiger charge is 2.31. The van der Waals surface area contributed by atoms with Crippen LogP contribution in [0.4, 0.5) is 0 Å². The maximum Gasteiger partial charge on any atom is 0.150 e. The summed E-state index contributed by atoms with van der Waals surface area (Å²) in [6.45, 7) is 2.57. The van der Waals surface area contributed by atoms with Gasteiger partial charge in [0.15, 0.2) is 4.34 Å². The molecule has 90 valence electrons. The van der Waals surface area contributed by atoms with Gasteiger partial charge < -0.3 is 0 Å². The average molecular weight is 280 g/mol. The summed E-state index contributed by atoms with van der Waals surface area (Å²) in [4.78, 5) is 4.71. The van der Waals surface area contributed by atoms with Gasteiger partial charge in [-0.2, -0.15) is 0 Å². The quantitative estimate of drug-likeness (QED) is 0.591. The van der Waals surface area contributed by atoms with E-state index in [1.54, 1.807) is 0 Å². The molecule has 1 fully saturated rings. The number of para-hydroxylation sites is 1. The van der Waals surface area contributed by atoms with Crippen molar-refractivity contribution in [2.45, 2.75) is 35.8 Å². The Kier molecular flexibility index (Phi) is 3.28. The normalized spacial score (nSPS) is 18.9. The number of thioether (sulfide) groups is 1. The van der Waals surface area contributed by atoms with Crippen molar-refractivity contribution in [3.8, 4) is 0 Å². The molecule has 1 aliphatic rings. The summed E-state index contributed by atoms with van der Waals surface area (Å²) < 4.78 is 2.60. The van der Waals surface area contributed by atoms with Gasteiger partial charge in [-0.3, -0.25) is 0 Å². The largest absolute Gasteiger partial charge is 0.230 e. The summed E-state index contributed by atoms with van der Waals surface area (Å²) in [5.41, 5.74) is 1.17. The second kappa shape index (κ2) is 4.75. The molecule has 1 saturated heterocycles. The highest BCUT2D eigenvalue weighted by atomic mass is 32.2. The van der Waals surface area contributed by atoms with Crippen molar-refractivity contribution >= 4 is 41.4 Å². The van der Waals surface area contributed by atoms with Crippen LogP contribution in [0.5, 0.6) is 0 Å². The van der Waals surface area contributed by atoms with Crippen molar-refractivity contribution in [2.75, 3.05) is 5.38 Å². The third-order valence-corrected chi connectivity index (χ3v) is 11.9. The first-order valence-corrected chi connectivity index (χ1v) is 11.2. The Hall–Kier alpha value is -0.323. The van der Waals surface area contributed by atoms with Crippen molar-refractivity contribution < 1.29 is 0 Å². The fraction of sp³-hybridized carbons (Fsp3) is 0.462. The van der Waals surface area contributed by atoms with E-state index < -0.39 is 8.07 Å². The summed E-state index contributed by atoms with van der Waals surface area (Å²) in [6.07, 6.45) is 2.95. The Bertz CT molecular complexity index is 484. The van der Waals surface area contributed by atoms with E-state index in [9.17, 15) is 0 Å². The van der Waals surface area contributed by atoms with E-state index in [0.717, 1.165) is 0 Å². The number of aromatic nitrogens is 1. The van der Waals surface area contributed by atoms with Crippen LogP contribution >= 0.6 is 23.1 Å². The molecule has 0 spiro atoms. The summed E-state index contributed by atoms with van der Waals surface area (Å²) in [7, 11) is -0.888. The fourth-order valence-corrected chi connectivity index (χ4v) is 9.92. The molecule has 2 heterocycles. The van der Waals surface area contributed by atoms with Gasteiger partial charge >= 0.3 is 0 Å². The van der Waals surface area contributed by atoms with Crippen LogP contribution in [0.15, 0.2) is 28.6 Å². The Balaban J connectivity index is 1.72. The molecule has 0 bridgehead atoms. The third kappa shape index (κ3) is 2.59. The molecule has 0 saturated carbocycles. The lowest BCUT2D eigenvalue weighted by atomic mass is 10.3. The number of benzene rings is 1. The SMILES string of the molecule is C[Si]1(CSc2nc3ccccc3s2)CCCC1. The van der Waals surface area contributed by atoms with E-state index in [1.807, 2.05) is 23.1 Å². The van der Waals surface area contributed by atoms with Crippen LogP contribution in [0.1, 0.15) is 12.8 Å². The van der Waals surface area contributed by atoms with Gasteiger partial charge in [0, 0.05) is 0 Å². The lowest BCUT2D eigenvalue weighted by molar-refractivity contribution is 0.935. The van der Waals surface area contributed by atoms with E-state index >= 15 is 0 Å². The summed E-state index contributed by atoms with van der Waals surface area (Å²) in [5.74, 6) is 0. The van der Waals surface area contributed by atoms with Gasteiger partial charge in [0.1, 0.15) is 0 Å². The number of hydrogen-bond donors (Lipinski definition) is 0. The Morgan fingerprint density at radius 1 is 1.29 bits per heavy atom. The lowest BCUT2D eigenvalue weighted by Gasteiger charge is -2.18. The number of nitrogens with zero attached hydrogens (tertiary/aromatic N) is 1. The number of thiazole rings is 1. The third-order valence-electron chi connectivity index (χ3n) is 3.63. The number of fused-ring (bicyclic) bond motifs is 1. The first-order valence-electron chi connectivity index (χ1n) is 6.24. The molecule has 1 aromatic heterocycles. The molecule has 1 aromatic carbocycles. The summed E-state index contributed by atoms with van der Waals surface area (Å²) >= 11 is 3.86. The summed E-state index contributed by atoms with van der Waals surface area (Å²) in [6, 6.07) is 11.5. The molecule has 1 aliphatic heterocycles. The minimum absolute atomic E-state index is 0.888. The van der Waals surface area contributed by atoms with Crippen LogP contribution in [0.25, 0.3) is 10.2 Å². The molecule has 3 rings (SSSR count). The maximum atomic E-state index is 4.71. The first kappa shape index (κ1) is 11.7.